The summed E-state index contributed by atoms with van der Waals surface area (Å²) in [6.45, 7) is 0.814. The summed E-state index contributed by atoms with van der Waals surface area (Å²) >= 11 is 0. The number of benzene rings is 1. The molecule has 0 bridgehead atoms. The number of aliphatic hydroxyl groups excluding tert-OH is 1. The van der Waals surface area contributed by atoms with Crippen molar-refractivity contribution in [1.82, 2.24) is 10.2 Å². The lowest BCUT2D eigenvalue weighted by molar-refractivity contribution is 0.172. The molecule has 0 saturated heterocycles. The van der Waals surface area contributed by atoms with Gasteiger partial charge in [-0.15, -0.1) is 0 Å². The van der Waals surface area contributed by atoms with Crippen LogP contribution in [-0.4, -0.2) is 42.8 Å². The van der Waals surface area contributed by atoms with Crippen LogP contribution in [0.5, 0.6) is 5.75 Å². The quantitative estimate of drug-likeness (QED) is 0.716. The zero-order chi connectivity index (χ0) is 13.0. The largest absolute Gasteiger partial charge is 0.505 e. The van der Waals surface area contributed by atoms with Crippen molar-refractivity contribution in [3.8, 4) is 5.75 Å². The van der Waals surface area contributed by atoms with Crippen molar-refractivity contribution in [3.63, 3.8) is 0 Å². The summed E-state index contributed by atoms with van der Waals surface area (Å²) in [7, 11) is 5.42. The Balaban J connectivity index is 3.06. The van der Waals surface area contributed by atoms with E-state index in [0.29, 0.717) is 6.54 Å². The number of likely N-dealkylation sites (N-methyl/N-ethyl adjacent to an activating group) is 1. The van der Waals surface area contributed by atoms with Gasteiger partial charge in [0, 0.05) is 18.7 Å². The maximum Gasteiger partial charge on any atom is 0.165 e. The molecular formula is C12H19FN2O2. The van der Waals surface area contributed by atoms with Crippen LogP contribution in [0, 0.1) is 5.82 Å². The fourth-order valence-electron chi connectivity index (χ4n) is 1.69. The van der Waals surface area contributed by atoms with Crippen LogP contribution < -0.4 is 5.32 Å². The summed E-state index contributed by atoms with van der Waals surface area (Å²) in [5, 5.41) is 22.1. The van der Waals surface area contributed by atoms with Gasteiger partial charge in [-0.25, -0.2) is 4.39 Å². The van der Waals surface area contributed by atoms with Crippen LogP contribution in [0.1, 0.15) is 17.2 Å². The third-order valence-corrected chi connectivity index (χ3v) is 2.41. The van der Waals surface area contributed by atoms with E-state index in [9.17, 15) is 14.6 Å². The lowest BCUT2D eigenvalue weighted by atomic mass is 10.0. The Morgan fingerprint density at radius 2 is 2.06 bits per heavy atom. The molecule has 0 aliphatic rings. The highest BCUT2D eigenvalue weighted by Gasteiger charge is 2.16. The molecule has 96 valence electrons. The molecule has 0 aliphatic heterocycles. The minimum Gasteiger partial charge on any atom is -0.505 e. The Bertz CT molecular complexity index is 383. The number of halogens is 1. The van der Waals surface area contributed by atoms with Gasteiger partial charge in [0.2, 0.25) is 0 Å². The third-order valence-electron chi connectivity index (χ3n) is 2.41. The van der Waals surface area contributed by atoms with Crippen LogP contribution in [0.15, 0.2) is 12.1 Å². The Morgan fingerprint density at radius 1 is 1.41 bits per heavy atom. The van der Waals surface area contributed by atoms with Crippen LogP contribution in [0.4, 0.5) is 4.39 Å². The number of aliphatic hydroxyl groups is 1. The summed E-state index contributed by atoms with van der Waals surface area (Å²) in [6.07, 6.45) is -0.920. The summed E-state index contributed by atoms with van der Waals surface area (Å²) in [5.41, 5.74) is 0.937. The lowest BCUT2D eigenvalue weighted by Crippen LogP contribution is -2.18. The van der Waals surface area contributed by atoms with Crippen molar-refractivity contribution in [1.29, 1.82) is 0 Å². The first kappa shape index (κ1) is 13.9. The van der Waals surface area contributed by atoms with Crippen molar-refractivity contribution >= 4 is 0 Å². The Hall–Kier alpha value is -1.17. The van der Waals surface area contributed by atoms with E-state index >= 15 is 0 Å². The summed E-state index contributed by atoms with van der Waals surface area (Å²) in [4.78, 5) is 1.89. The fourth-order valence-corrected chi connectivity index (χ4v) is 1.69. The zero-order valence-corrected chi connectivity index (χ0v) is 10.4. The Morgan fingerprint density at radius 3 is 2.59 bits per heavy atom. The second-order valence-electron chi connectivity index (χ2n) is 4.33. The van der Waals surface area contributed by atoms with E-state index in [1.54, 1.807) is 13.1 Å². The van der Waals surface area contributed by atoms with Crippen molar-refractivity contribution in [2.45, 2.75) is 12.6 Å². The average Bonchev–Trinajstić information content (AvgIpc) is 2.22. The highest BCUT2D eigenvalue weighted by Crippen LogP contribution is 2.28. The molecule has 0 heterocycles. The molecule has 0 radical (unpaired) electrons. The number of hydrogen-bond donors (Lipinski definition) is 3. The van der Waals surface area contributed by atoms with E-state index in [1.807, 2.05) is 19.0 Å². The molecule has 0 fully saturated rings. The maximum atomic E-state index is 13.5. The van der Waals surface area contributed by atoms with Gasteiger partial charge in [0.25, 0.3) is 0 Å². The molecule has 3 N–H and O–H groups in total. The number of phenols is 1. The molecule has 0 aliphatic carbocycles. The van der Waals surface area contributed by atoms with Crippen molar-refractivity contribution < 1.29 is 14.6 Å². The molecule has 1 aromatic rings. The molecule has 0 spiro atoms. The number of nitrogens with zero attached hydrogens (tertiary/aromatic N) is 1. The van der Waals surface area contributed by atoms with Gasteiger partial charge in [-0.05, 0) is 38.8 Å². The molecule has 1 unspecified atom stereocenters. The number of rotatable bonds is 5. The molecule has 0 amide bonds. The molecule has 17 heavy (non-hydrogen) atoms. The molecule has 0 saturated carbocycles. The average molecular weight is 242 g/mol. The first-order valence-electron chi connectivity index (χ1n) is 5.44. The normalized spacial score (nSPS) is 13.1. The van der Waals surface area contributed by atoms with E-state index < -0.39 is 17.7 Å². The highest BCUT2D eigenvalue weighted by atomic mass is 19.1. The Labute approximate surface area is 101 Å². The molecule has 0 aromatic heterocycles. The van der Waals surface area contributed by atoms with Gasteiger partial charge < -0.3 is 20.4 Å². The predicted octanol–water partition coefficient (Wildman–Crippen LogP) is 0.846. The van der Waals surface area contributed by atoms with Crippen molar-refractivity contribution in [3.05, 3.63) is 29.1 Å². The number of aromatic hydroxyl groups is 1. The van der Waals surface area contributed by atoms with E-state index in [2.05, 4.69) is 5.32 Å². The summed E-state index contributed by atoms with van der Waals surface area (Å²) in [5.74, 6) is -1.18. The minimum absolute atomic E-state index is 0.219. The van der Waals surface area contributed by atoms with E-state index in [4.69, 9.17) is 0 Å². The van der Waals surface area contributed by atoms with Crippen LogP contribution in [-0.2, 0) is 6.54 Å². The third kappa shape index (κ3) is 3.66. The maximum absolute atomic E-state index is 13.5. The molecule has 1 aromatic carbocycles. The van der Waals surface area contributed by atoms with Crippen LogP contribution in [0.3, 0.4) is 0 Å². The van der Waals surface area contributed by atoms with Gasteiger partial charge in [-0.1, -0.05) is 0 Å². The topological polar surface area (TPSA) is 55.7 Å². The van der Waals surface area contributed by atoms with Crippen LogP contribution in [0.2, 0.25) is 0 Å². The molecule has 4 nitrogen and oxygen atoms in total. The minimum atomic E-state index is -0.920. The summed E-state index contributed by atoms with van der Waals surface area (Å²) < 4.78 is 13.5. The monoisotopic (exact) mass is 242 g/mol. The highest BCUT2D eigenvalue weighted by molar-refractivity contribution is 5.39. The molecule has 1 rings (SSSR count). The second kappa shape index (κ2) is 5.95. The number of phenolic OH excluding ortho intramolecular Hbond substituents is 1. The smallest absolute Gasteiger partial charge is 0.165 e. The SMILES string of the molecule is CNCC(O)c1cc(CN(C)C)cc(F)c1O. The number of nitrogens with one attached hydrogen (secondary N) is 1. The predicted molar refractivity (Wildman–Crippen MR) is 64.3 cm³/mol. The van der Waals surface area contributed by atoms with E-state index in [1.165, 1.54) is 6.07 Å². The van der Waals surface area contributed by atoms with Gasteiger partial charge in [-0.2, -0.15) is 0 Å². The second-order valence-corrected chi connectivity index (χ2v) is 4.33. The first-order chi connectivity index (χ1) is 7.95. The molecule has 1 atom stereocenters. The van der Waals surface area contributed by atoms with Gasteiger partial charge >= 0.3 is 0 Å². The number of hydrogen-bond acceptors (Lipinski definition) is 4. The van der Waals surface area contributed by atoms with Gasteiger partial charge in [0.05, 0.1) is 6.10 Å². The zero-order valence-electron chi connectivity index (χ0n) is 10.4. The standard InChI is InChI=1S/C12H19FN2O2/c1-14-6-11(16)9-4-8(7-15(2)3)5-10(13)12(9)17/h4-5,11,14,16-17H,6-7H2,1-3H3. The van der Waals surface area contributed by atoms with Gasteiger partial charge in [-0.3, -0.25) is 0 Å². The Kier molecular flexibility index (Phi) is 4.86. The molecular weight excluding hydrogens is 223 g/mol. The van der Waals surface area contributed by atoms with Gasteiger partial charge in [0.15, 0.2) is 11.6 Å². The first-order valence-corrected chi connectivity index (χ1v) is 5.44. The van der Waals surface area contributed by atoms with Crippen LogP contribution >= 0.6 is 0 Å². The summed E-state index contributed by atoms with van der Waals surface area (Å²) in [6, 6.07) is 2.91. The van der Waals surface area contributed by atoms with E-state index in [0.717, 1.165) is 5.56 Å². The molecule has 5 heteroatoms. The lowest BCUT2D eigenvalue weighted by Gasteiger charge is -2.16. The van der Waals surface area contributed by atoms with Crippen molar-refractivity contribution in [2.75, 3.05) is 27.7 Å². The van der Waals surface area contributed by atoms with E-state index in [-0.39, 0.29) is 12.1 Å². The fraction of sp³-hybridized carbons (Fsp3) is 0.500. The van der Waals surface area contributed by atoms with Gasteiger partial charge in [0.1, 0.15) is 0 Å². The van der Waals surface area contributed by atoms with Crippen LogP contribution in [0.25, 0.3) is 0 Å². The van der Waals surface area contributed by atoms with Crippen molar-refractivity contribution in [2.24, 2.45) is 0 Å².